The van der Waals surface area contributed by atoms with Crippen LogP contribution in [0.3, 0.4) is 0 Å². The van der Waals surface area contributed by atoms with Crippen LogP contribution >= 0.6 is 23.5 Å². The normalized spacial score (nSPS) is 11.6. The van der Waals surface area contributed by atoms with Crippen molar-refractivity contribution in [2.75, 3.05) is 11.5 Å². The lowest BCUT2D eigenvalue weighted by molar-refractivity contribution is -0.107. The van der Waals surface area contributed by atoms with Gasteiger partial charge in [0.2, 0.25) is 0 Å². The number of hydrogen-bond acceptors (Lipinski definition) is 3. The minimum absolute atomic E-state index is 0.204. The smallest absolute Gasteiger partial charge is 0.145 e. The molecule has 0 aromatic rings. The van der Waals surface area contributed by atoms with Crippen molar-refractivity contribution in [3.63, 3.8) is 0 Å². The molecular weight excluding hydrogens is 212 g/mol. The van der Waals surface area contributed by atoms with Crippen molar-refractivity contribution in [2.45, 2.75) is 50.5 Å². The highest BCUT2D eigenvalue weighted by atomic mass is 32.2. The van der Waals surface area contributed by atoms with Crippen LogP contribution in [0.4, 0.5) is 0 Å². The predicted molar refractivity (Wildman–Crippen MR) is 69.2 cm³/mol. The Balaban J connectivity index is 3.73. The molecule has 0 aliphatic rings. The van der Waals surface area contributed by atoms with E-state index in [1.54, 1.807) is 23.5 Å². The molecule has 0 N–H and O–H groups in total. The molecule has 14 heavy (non-hydrogen) atoms. The van der Waals surface area contributed by atoms with E-state index in [0.29, 0.717) is 0 Å². The molecule has 0 rings (SSSR count). The number of carbonyl (C=O) groups excluding carboxylic acids is 1. The van der Waals surface area contributed by atoms with Gasteiger partial charge in [-0.3, -0.25) is 0 Å². The lowest BCUT2D eigenvalue weighted by atomic mass is 10.4. The van der Waals surface area contributed by atoms with Gasteiger partial charge in [-0.1, -0.05) is 26.7 Å². The zero-order valence-corrected chi connectivity index (χ0v) is 11.2. The van der Waals surface area contributed by atoms with Crippen molar-refractivity contribution in [2.24, 2.45) is 0 Å². The second-order valence-electron chi connectivity index (χ2n) is 3.54. The first kappa shape index (κ1) is 14.4. The van der Waals surface area contributed by atoms with E-state index in [1.165, 1.54) is 25.7 Å². The Morgan fingerprint density at radius 1 is 1.07 bits per heavy atom. The fourth-order valence-corrected chi connectivity index (χ4v) is 3.59. The summed E-state index contributed by atoms with van der Waals surface area (Å²) in [6, 6.07) is 0. The number of carbonyl (C=O) groups is 1. The number of rotatable bonds is 9. The van der Waals surface area contributed by atoms with Crippen LogP contribution in [-0.4, -0.2) is 21.9 Å². The molecular formula is C11H22OS2. The predicted octanol–water partition coefficient (Wildman–Crippen LogP) is 3.97. The van der Waals surface area contributed by atoms with Gasteiger partial charge < -0.3 is 4.79 Å². The summed E-state index contributed by atoms with van der Waals surface area (Å²) >= 11 is 3.59. The van der Waals surface area contributed by atoms with Gasteiger partial charge in [0.15, 0.2) is 0 Å². The molecule has 84 valence electrons. The second-order valence-corrected chi connectivity index (χ2v) is 6.89. The van der Waals surface area contributed by atoms with Gasteiger partial charge in [0.05, 0.1) is 0 Å². The van der Waals surface area contributed by atoms with Gasteiger partial charge in [0.25, 0.3) is 0 Å². The average Bonchev–Trinajstić information content (AvgIpc) is 2.19. The maximum atomic E-state index is 11.0. The lowest BCUT2D eigenvalue weighted by Gasteiger charge is -2.21. The van der Waals surface area contributed by atoms with E-state index >= 15 is 0 Å². The molecule has 0 radical (unpaired) electrons. The SMILES string of the molecule is CCCCSC(C)(C=O)SCCCC. The minimum atomic E-state index is -0.204. The molecule has 0 unspecified atom stereocenters. The number of unbranched alkanes of at least 4 members (excludes halogenated alkanes) is 2. The Morgan fingerprint density at radius 3 is 1.79 bits per heavy atom. The van der Waals surface area contributed by atoms with Gasteiger partial charge in [-0.25, -0.2) is 0 Å². The van der Waals surface area contributed by atoms with Gasteiger partial charge in [-0.15, -0.1) is 23.5 Å². The summed E-state index contributed by atoms with van der Waals surface area (Å²) in [7, 11) is 0. The molecule has 0 atom stereocenters. The van der Waals surface area contributed by atoms with E-state index in [2.05, 4.69) is 13.8 Å². The van der Waals surface area contributed by atoms with E-state index in [4.69, 9.17) is 0 Å². The standard InChI is InChI=1S/C11H22OS2/c1-4-6-8-13-11(3,10-12)14-9-7-5-2/h10H,4-9H2,1-3H3. The van der Waals surface area contributed by atoms with Crippen molar-refractivity contribution in [3.8, 4) is 0 Å². The third-order valence-corrected chi connectivity index (χ3v) is 5.02. The lowest BCUT2D eigenvalue weighted by Crippen LogP contribution is -2.18. The van der Waals surface area contributed by atoms with E-state index in [9.17, 15) is 4.79 Å². The fraction of sp³-hybridized carbons (Fsp3) is 0.909. The second kappa shape index (κ2) is 8.66. The van der Waals surface area contributed by atoms with Crippen molar-refractivity contribution < 1.29 is 4.79 Å². The molecule has 1 nitrogen and oxygen atoms in total. The average molecular weight is 234 g/mol. The maximum absolute atomic E-state index is 11.0. The van der Waals surface area contributed by atoms with E-state index in [0.717, 1.165) is 17.8 Å². The highest BCUT2D eigenvalue weighted by Gasteiger charge is 2.23. The Hall–Kier alpha value is 0.370. The van der Waals surface area contributed by atoms with Crippen LogP contribution in [0.15, 0.2) is 0 Å². The van der Waals surface area contributed by atoms with E-state index in [-0.39, 0.29) is 4.08 Å². The van der Waals surface area contributed by atoms with Crippen molar-refractivity contribution in [1.29, 1.82) is 0 Å². The molecule has 0 fully saturated rings. The summed E-state index contributed by atoms with van der Waals surface area (Å²) < 4.78 is -0.204. The minimum Gasteiger partial charge on any atom is -0.301 e. The number of hydrogen-bond donors (Lipinski definition) is 0. The molecule has 0 aliphatic carbocycles. The van der Waals surface area contributed by atoms with E-state index in [1.807, 2.05) is 6.92 Å². The topological polar surface area (TPSA) is 17.1 Å². The third-order valence-electron chi connectivity index (χ3n) is 1.99. The number of aldehydes is 1. The maximum Gasteiger partial charge on any atom is 0.145 e. The van der Waals surface area contributed by atoms with Crippen LogP contribution in [-0.2, 0) is 4.79 Å². The fourth-order valence-electron chi connectivity index (χ4n) is 0.948. The van der Waals surface area contributed by atoms with E-state index < -0.39 is 0 Å². The summed E-state index contributed by atoms with van der Waals surface area (Å²) in [5, 5.41) is 0. The Morgan fingerprint density at radius 2 is 1.50 bits per heavy atom. The molecule has 0 amide bonds. The van der Waals surface area contributed by atoms with Crippen LogP contribution in [0, 0.1) is 0 Å². The highest BCUT2D eigenvalue weighted by molar-refractivity contribution is 8.19. The van der Waals surface area contributed by atoms with Gasteiger partial charge in [0, 0.05) is 0 Å². The molecule has 0 spiro atoms. The first-order valence-electron chi connectivity index (χ1n) is 5.42. The van der Waals surface area contributed by atoms with Crippen LogP contribution in [0.25, 0.3) is 0 Å². The molecule has 0 aliphatic heterocycles. The van der Waals surface area contributed by atoms with Crippen molar-refractivity contribution in [1.82, 2.24) is 0 Å². The third kappa shape index (κ3) is 6.77. The number of thioether (sulfide) groups is 2. The van der Waals surface area contributed by atoms with Crippen LogP contribution < -0.4 is 0 Å². The van der Waals surface area contributed by atoms with Crippen molar-refractivity contribution in [3.05, 3.63) is 0 Å². The molecule has 0 bridgehead atoms. The van der Waals surface area contributed by atoms with Crippen LogP contribution in [0.5, 0.6) is 0 Å². The molecule has 0 saturated heterocycles. The largest absolute Gasteiger partial charge is 0.301 e. The van der Waals surface area contributed by atoms with Gasteiger partial charge in [-0.05, 0) is 31.3 Å². The van der Waals surface area contributed by atoms with Gasteiger partial charge in [-0.2, -0.15) is 0 Å². The highest BCUT2D eigenvalue weighted by Crippen LogP contribution is 2.35. The first-order valence-corrected chi connectivity index (χ1v) is 7.40. The molecule has 0 aromatic heterocycles. The Kier molecular flexibility index (Phi) is 8.89. The van der Waals surface area contributed by atoms with Crippen LogP contribution in [0.1, 0.15) is 46.5 Å². The molecule has 0 aromatic carbocycles. The van der Waals surface area contributed by atoms with Gasteiger partial charge >= 0.3 is 0 Å². The summed E-state index contributed by atoms with van der Waals surface area (Å²) in [5.74, 6) is 2.20. The Labute approximate surface area is 96.8 Å². The Bertz CT molecular complexity index is 138. The molecule has 0 heterocycles. The van der Waals surface area contributed by atoms with Crippen LogP contribution in [0.2, 0.25) is 0 Å². The van der Waals surface area contributed by atoms with Crippen molar-refractivity contribution >= 4 is 29.8 Å². The summed E-state index contributed by atoms with van der Waals surface area (Å²) in [6.45, 7) is 6.41. The zero-order chi connectivity index (χ0) is 10.9. The summed E-state index contributed by atoms with van der Waals surface area (Å²) in [6.07, 6.45) is 5.95. The molecule has 0 saturated carbocycles. The summed E-state index contributed by atoms with van der Waals surface area (Å²) in [5.41, 5.74) is 0. The zero-order valence-electron chi connectivity index (χ0n) is 9.54. The van der Waals surface area contributed by atoms with Gasteiger partial charge in [0.1, 0.15) is 10.4 Å². The monoisotopic (exact) mass is 234 g/mol. The molecule has 3 heteroatoms. The quantitative estimate of drug-likeness (QED) is 0.341. The summed E-state index contributed by atoms with van der Waals surface area (Å²) in [4.78, 5) is 11.0. The first-order chi connectivity index (χ1) is 6.68.